The molecule has 3 rings (SSSR count). The van der Waals surface area contributed by atoms with Crippen molar-refractivity contribution >= 4 is 32.3 Å². The van der Waals surface area contributed by atoms with Crippen molar-refractivity contribution in [2.45, 2.75) is 17.9 Å². The average molecular weight is 393 g/mol. The Morgan fingerprint density at radius 2 is 2.04 bits per heavy atom. The molecule has 10 heteroatoms. The van der Waals surface area contributed by atoms with E-state index in [0.29, 0.717) is 10.7 Å². The highest BCUT2D eigenvalue weighted by Crippen LogP contribution is 2.08. The van der Waals surface area contributed by atoms with Gasteiger partial charge >= 0.3 is 5.97 Å². The molecule has 0 fully saturated rings. The zero-order valence-electron chi connectivity index (χ0n) is 13.5. The van der Waals surface area contributed by atoms with Crippen LogP contribution in [0.1, 0.15) is 12.1 Å². The van der Waals surface area contributed by atoms with Gasteiger partial charge in [-0.3, -0.25) is 14.0 Å². The molecule has 0 aliphatic carbocycles. The minimum Gasteiger partial charge on any atom is -0.459 e. The van der Waals surface area contributed by atoms with Gasteiger partial charge in [0.15, 0.2) is 4.96 Å². The highest BCUT2D eigenvalue weighted by Gasteiger charge is 2.14. The van der Waals surface area contributed by atoms with E-state index in [-0.39, 0.29) is 30.0 Å². The molecule has 8 nitrogen and oxygen atoms in total. The number of ether oxygens (including phenoxy) is 1. The highest BCUT2D eigenvalue weighted by molar-refractivity contribution is 7.89. The van der Waals surface area contributed by atoms with Crippen LogP contribution < -0.4 is 10.3 Å². The topological polar surface area (TPSA) is 107 Å². The summed E-state index contributed by atoms with van der Waals surface area (Å²) in [4.78, 5) is 28.5. The minimum absolute atomic E-state index is 0.0872. The van der Waals surface area contributed by atoms with Crippen molar-refractivity contribution in [1.82, 2.24) is 14.1 Å². The fraction of sp³-hybridized carbons (Fsp3) is 0.188. The first kappa shape index (κ1) is 18.2. The van der Waals surface area contributed by atoms with Crippen molar-refractivity contribution in [1.29, 1.82) is 0 Å². The smallest absolute Gasteiger partial charge is 0.307 e. The molecular formula is C16H15N3O5S2. The summed E-state index contributed by atoms with van der Waals surface area (Å²) < 4.78 is 32.8. The number of rotatable bonds is 7. The molecule has 0 unspecified atom stereocenters. The summed E-state index contributed by atoms with van der Waals surface area (Å²) >= 11 is 1.30. The Morgan fingerprint density at radius 1 is 1.27 bits per heavy atom. The summed E-state index contributed by atoms with van der Waals surface area (Å²) in [6.45, 7) is -0.232. The second kappa shape index (κ2) is 7.77. The number of esters is 1. The van der Waals surface area contributed by atoms with Crippen LogP contribution in [0.2, 0.25) is 0 Å². The highest BCUT2D eigenvalue weighted by atomic mass is 32.2. The molecule has 3 aromatic rings. The number of aromatic nitrogens is 2. The monoisotopic (exact) mass is 393 g/mol. The number of hydrogen-bond donors (Lipinski definition) is 1. The lowest BCUT2D eigenvalue weighted by Gasteiger charge is -2.07. The second-order valence-electron chi connectivity index (χ2n) is 5.26. The van der Waals surface area contributed by atoms with Crippen molar-refractivity contribution in [3.05, 3.63) is 64.0 Å². The van der Waals surface area contributed by atoms with Gasteiger partial charge in [-0.15, -0.1) is 11.3 Å². The fourth-order valence-electron chi connectivity index (χ4n) is 2.16. The molecule has 0 radical (unpaired) electrons. The van der Waals surface area contributed by atoms with Crippen LogP contribution in [-0.4, -0.2) is 30.3 Å². The van der Waals surface area contributed by atoms with Gasteiger partial charge in [-0.05, 0) is 12.1 Å². The number of fused-ring (bicyclic) bond motifs is 1. The van der Waals surface area contributed by atoms with E-state index in [0.717, 1.165) is 0 Å². The molecule has 1 N–H and O–H groups in total. The predicted molar refractivity (Wildman–Crippen MR) is 95.4 cm³/mol. The Balaban J connectivity index is 1.50. The third-order valence-corrected chi connectivity index (χ3v) is 5.65. The van der Waals surface area contributed by atoms with Crippen LogP contribution in [0.15, 0.2) is 57.7 Å². The molecule has 0 atom stereocenters. The molecular weight excluding hydrogens is 378 g/mol. The summed E-state index contributed by atoms with van der Waals surface area (Å²) in [5, 5.41) is 1.73. The second-order valence-corrected chi connectivity index (χ2v) is 7.90. The van der Waals surface area contributed by atoms with Gasteiger partial charge in [-0.2, -0.15) is 0 Å². The predicted octanol–water partition coefficient (Wildman–Crippen LogP) is 1.17. The third-order valence-electron chi connectivity index (χ3n) is 3.41. The first-order chi connectivity index (χ1) is 12.5. The SMILES string of the molecule is O=C(CCNS(=O)(=O)c1ccccc1)OCc1cc(=O)n2ccsc2n1. The van der Waals surface area contributed by atoms with Gasteiger partial charge in [-0.25, -0.2) is 18.1 Å². The number of hydrogen-bond acceptors (Lipinski definition) is 7. The summed E-state index contributed by atoms with van der Waals surface area (Å²) in [6.07, 6.45) is 1.48. The summed E-state index contributed by atoms with van der Waals surface area (Å²) in [6, 6.07) is 9.16. The molecule has 0 saturated heterocycles. The van der Waals surface area contributed by atoms with Crippen LogP contribution in [0.4, 0.5) is 0 Å². The maximum Gasteiger partial charge on any atom is 0.307 e. The van der Waals surface area contributed by atoms with Crippen LogP contribution in [0.25, 0.3) is 4.96 Å². The number of nitrogens with zero attached hydrogens (tertiary/aromatic N) is 2. The number of thiazole rings is 1. The van der Waals surface area contributed by atoms with Crippen LogP contribution >= 0.6 is 11.3 Å². The first-order valence-electron chi connectivity index (χ1n) is 7.62. The third kappa shape index (κ3) is 4.34. The largest absolute Gasteiger partial charge is 0.459 e. The minimum atomic E-state index is -3.66. The molecule has 0 spiro atoms. The van der Waals surface area contributed by atoms with Crippen LogP contribution in [0, 0.1) is 0 Å². The Labute approximate surface area is 153 Å². The van der Waals surface area contributed by atoms with Crippen molar-refractivity contribution in [2.75, 3.05) is 6.54 Å². The van der Waals surface area contributed by atoms with Crippen LogP contribution in [-0.2, 0) is 26.2 Å². The number of carbonyl (C=O) groups excluding carboxylic acids is 1. The lowest BCUT2D eigenvalue weighted by Crippen LogP contribution is -2.26. The maximum atomic E-state index is 12.0. The molecule has 26 heavy (non-hydrogen) atoms. The van der Waals surface area contributed by atoms with Gasteiger partial charge in [0.2, 0.25) is 10.0 Å². The first-order valence-corrected chi connectivity index (χ1v) is 9.98. The standard InChI is InChI=1S/C16H15N3O5S2/c20-14-10-12(18-16-19(14)8-9-25-16)11-24-15(21)6-7-17-26(22,23)13-4-2-1-3-5-13/h1-5,8-10,17H,6-7,11H2. The number of sulfonamides is 1. The molecule has 0 aliphatic heterocycles. The molecule has 0 saturated carbocycles. The van der Waals surface area contributed by atoms with E-state index in [2.05, 4.69) is 9.71 Å². The Bertz CT molecular complexity index is 1070. The number of nitrogens with one attached hydrogen (secondary N) is 1. The molecule has 1 aromatic carbocycles. The quantitative estimate of drug-likeness (QED) is 0.604. The Kier molecular flexibility index (Phi) is 5.45. The molecule has 0 aliphatic rings. The van der Waals surface area contributed by atoms with Gasteiger partial charge in [-0.1, -0.05) is 18.2 Å². The van der Waals surface area contributed by atoms with E-state index in [4.69, 9.17) is 4.74 Å². The van der Waals surface area contributed by atoms with Gasteiger partial charge in [0.05, 0.1) is 17.0 Å². The van der Waals surface area contributed by atoms with Gasteiger partial charge in [0, 0.05) is 24.2 Å². The summed E-state index contributed by atoms with van der Waals surface area (Å²) in [5.74, 6) is -0.589. The molecule has 136 valence electrons. The Morgan fingerprint density at radius 3 is 2.81 bits per heavy atom. The molecule has 0 amide bonds. The van der Waals surface area contributed by atoms with E-state index in [1.165, 1.54) is 33.9 Å². The zero-order chi connectivity index (χ0) is 18.6. The number of carbonyl (C=O) groups is 1. The normalized spacial score (nSPS) is 11.5. The van der Waals surface area contributed by atoms with E-state index in [1.54, 1.807) is 29.8 Å². The van der Waals surface area contributed by atoms with Gasteiger partial charge < -0.3 is 4.74 Å². The molecule has 2 heterocycles. The van der Waals surface area contributed by atoms with Crippen LogP contribution in [0.3, 0.4) is 0 Å². The lowest BCUT2D eigenvalue weighted by atomic mass is 10.4. The number of benzene rings is 1. The fourth-order valence-corrected chi connectivity index (χ4v) is 3.95. The Hall–Kier alpha value is -2.56. The van der Waals surface area contributed by atoms with Crippen molar-refractivity contribution in [3.8, 4) is 0 Å². The van der Waals surface area contributed by atoms with Crippen molar-refractivity contribution in [2.24, 2.45) is 0 Å². The zero-order valence-corrected chi connectivity index (χ0v) is 15.1. The van der Waals surface area contributed by atoms with Crippen molar-refractivity contribution in [3.63, 3.8) is 0 Å². The van der Waals surface area contributed by atoms with Crippen molar-refractivity contribution < 1.29 is 17.9 Å². The van der Waals surface area contributed by atoms with Gasteiger partial charge in [0.1, 0.15) is 6.61 Å². The van der Waals surface area contributed by atoms with Crippen LogP contribution in [0.5, 0.6) is 0 Å². The van der Waals surface area contributed by atoms with E-state index in [9.17, 15) is 18.0 Å². The summed E-state index contributed by atoms with van der Waals surface area (Å²) in [7, 11) is -3.66. The average Bonchev–Trinajstić information content (AvgIpc) is 3.10. The maximum absolute atomic E-state index is 12.0. The van der Waals surface area contributed by atoms with E-state index in [1.807, 2.05) is 0 Å². The van der Waals surface area contributed by atoms with Gasteiger partial charge in [0.25, 0.3) is 5.56 Å². The van der Waals surface area contributed by atoms with E-state index >= 15 is 0 Å². The lowest BCUT2D eigenvalue weighted by molar-refractivity contribution is -0.144. The van der Waals surface area contributed by atoms with E-state index < -0.39 is 16.0 Å². The molecule has 0 bridgehead atoms. The molecule has 2 aromatic heterocycles. The summed E-state index contributed by atoms with van der Waals surface area (Å²) in [5.41, 5.74) is 0.0913.